The van der Waals surface area contributed by atoms with Crippen molar-refractivity contribution >= 4 is 41.7 Å². The number of hydrogen-bond acceptors (Lipinski definition) is 20. The zero-order chi connectivity index (χ0) is 62.2. The number of ketones is 1. The van der Waals surface area contributed by atoms with Gasteiger partial charge in [0.15, 0.2) is 23.6 Å². The number of ether oxygens (including phenoxy) is 7. The molecule has 2 bridgehead atoms. The molecule has 2 amide bonds. The Hall–Kier alpha value is -7.87. The average molecular weight is 1190 g/mol. The lowest BCUT2D eigenvalue weighted by atomic mass is 9.44. The van der Waals surface area contributed by atoms with E-state index in [4.69, 9.17) is 33.2 Å². The van der Waals surface area contributed by atoms with E-state index in [1.807, 2.05) is 0 Å². The Labute approximate surface area is 494 Å². The van der Waals surface area contributed by atoms with E-state index in [-0.39, 0.29) is 66.6 Å². The lowest BCUT2D eigenvalue weighted by molar-refractivity contribution is -0.345. The highest BCUT2D eigenvalue weighted by atomic mass is 16.6. The second kappa shape index (κ2) is 24.8. The van der Waals surface area contributed by atoms with Crippen LogP contribution in [0, 0.1) is 23.7 Å². The summed E-state index contributed by atoms with van der Waals surface area (Å²) in [5.74, 6) is -7.51. The number of hydrogen-bond donors (Lipinski definition) is 6. The number of aliphatic hydroxyl groups is 4. The van der Waals surface area contributed by atoms with Crippen molar-refractivity contribution in [1.29, 1.82) is 0 Å². The predicted molar refractivity (Wildman–Crippen MR) is 301 cm³/mol. The molecule has 4 aromatic rings. The van der Waals surface area contributed by atoms with Crippen molar-refractivity contribution in [2.45, 2.75) is 159 Å². The summed E-state index contributed by atoms with van der Waals surface area (Å²) in [6, 6.07) is 22.4. The van der Waals surface area contributed by atoms with Crippen LogP contribution in [0.4, 0.5) is 4.79 Å². The zero-order valence-electron chi connectivity index (χ0n) is 48.7. The number of carbonyl (C=O) groups is 7. The molecule has 86 heavy (non-hydrogen) atoms. The number of aryl methyl sites for hydroxylation is 1. The van der Waals surface area contributed by atoms with Gasteiger partial charge in [-0.2, -0.15) is 0 Å². The molecule has 2 unspecified atom stereocenters. The highest BCUT2D eigenvalue weighted by molar-refractivity contribution is 5.96. The largest absolute Gasteiger partial charge is 0.456 e. The molecule has 24 heteroatoms. The molecule has 9 rings (SSSR count). The van der Waals surface area contributed by atoms with Gasteiger partial charge in [0.25, 0.3) is 11.5 Å². The van der Waals surface area contributed by atoms with Crippen LogP contribution in [-0.4, -0.2) is 151 Å². The Morgan fingerprint density at radius 3 is 2.05 bits per heavy atom. The maximum atomic E-state index is 16.4. The maximum Gasteiger partial charge on any atom is 0.407 e. The molecule has 14 atom stereocenters. The van der Waals surface area contributed by atoms with E-state index in [1.165, 1.54) is 57.5 Å². The summed E-state index contributed by atoms with van der Waals surface area (Å²) in [5, 5.41) is 51.5. The van der Waals surface area contributed by atoms with E-state index < -0.39 is 162 Å². The fourth-order valence-corrected chi connectivity index (χ4v) is 13.3. The molecule has 6 N–H and O–H groups in total. The molecule has 0 radical (unpaired) electrons. The summed E-state index contributed by atoms with van der Waals surface area (Å²) >= 11 is 0. The van der Waals surface area contributed by atoms with Gasteiger partial charge in [0.05, 0.1) is 42.3 Å². The minimum atomic E-state index is -2.55. The number of amides is 2. The summed E-state index contributed by atoms with van der Waals surface area (Å²) in [5.41, 5.74) is -9.15. The molecule has 2 saturated heterocycles. The van der Waals surface area contributed by atoms with Crippen molar-refractivity contribution in [3.8, 4) is 0 Å². The smallest absolute Gasteiger partial charge is 0.407 e. The van der Waals surface area contributed by atoms with Gasteiger partial charge < -0.3 is 64.2 Å². The topological polar surface area (TPSA) is 333 Å². The normalized spacial score (nSPS) is 29.7. The van der Waals surface area contributed by atoms with Crippen molar-refractivity contribution in [3.05, 3.63) is 151 Å². The van der Waals surface area contributed by atoms with Crippen molar-refractivity contribution in [2.75, 3.05) is 19.8 Å². The molecule has 3 aromatic carbocycles. The van der Waals surface area contributed by atoms with Gasteiger partial charge in [-0.25, -0.2) is 19.2 Å². The van der Waals surface area contributed by atoms with E-state index in [0.29, 0.717) is 5.56 Å². The quantitative estimate of drug-likeness (QED) is 0.0360. The number of aliphatic hydroxyl groups excluding tert-OH is 3. The van der Waals surface area contributed by atoms with Crippen LogP contribution in [0.1, 0.15) is 118 Å². The summed E-state index contributed by atoms with van der Waals surface area (Å²) in [6.07, 6.45) is -13.8. The fourth-order valence-electron chi connectivity index (χ4n) is 13.3. The first-order chi connectivity index (χ1) is 40.8. The second-order valence-electron chi connectivity index (χ2n) is 23.4. The molecule has 4 fully saturated rings. The van der Waals surface area contributed by atoms with E-state index in [0.717, 1.165) is 18.4 Å². The van der Waals surface area contributed by atoms with Crippen LogP contribution < -0.4 is 21.9 Å². The molecule has 460 valence electrons. The van der Waals surface area contributed by atoms with E-state index >= 15 is 4.79 Å². The Morgan fingerprint density at radius 2 is 1.45 bits per heavy atom. The summed E-state index contributed by atoms with van der Waals surface area (Å²) < 4.78 is 45.3. The highest BCUT2D eigenvalue weighted by Gasteiger charge is 2.79. The van der Waals surface area contributed by atoms with Crippen LogP contribution >= 0.6 is 0 Å². The zero-order valence-corrected chi connectivity index (χ0v) is 48.7. The number of nitrogens with zero attached hydrogens (tertiary/aromatic N) is 2. The van der Waals surface area contributed by atoms with Crippen molar-refractivity contribution in [2.24, 2.45) is 16.7 Å². The number of rotatable bonds is 18. The number of benzene rings is 3. The first-order valence-corrected chi connectivity index (χ1v) is 28.5. The van der Waals surface area contributed by atoms with E-state index in [2.05, 4.69) is 10.6 Å². The third-order valence-corrected chi connectivity index (χ3v) is 17.8. The lowest BCUT2D eigenvalue weighted by Crippen LogP contribution is -2.82. The van der Waals surface area contributed by atoms with Crippen LogP contribution in [0.2, 0.25) is 0 Å². The van der Waals surface area contributed by atoms with E-state index in [1.54, 1.807) is 78.9 Å². The highest BCUT2D eigenvalue weighted by Crippen LogP contribution is 2.65. The summed E-state index contributed by atoms with van der Waals surface area (Å²) in [6.45, 7) is 8.44. The number of alkyl carbamates (subject to hydrolysis) is 1. The SMILES string of the molecule is CC(=O)O[C@H]1C(=O)C2(C)[C@@H](OC(=O)NCCCCn3c(=O)c(C)cn([C@@H]4CC(O)[C@H](CO)O4)c3=O)C[C@H]3OC[C@@]3(OC(C)=O)[C@H]2[C@H](OC(=O)c2ccccc2)[C@]2(O)C[C@H](OC(=O)[C@H](O)[C@@H](NC(=O)c3ccccc3)c3ccccc3)C(C)=C1C2(C)C. The molecule has 2 saturated carbocycles. The third-order valence-electron chi connectivity index (χ3n) is 17.8. The van der Waals surface area contributed by atoms with Gasteiger partial charge in [0.2, 0.25) is 0 Å². The van der Waals surface area contributed by atoms with Gasteiger partial charge in [0, 0.05) is 68.9 Å². The summed E-state index contributed by atoms with van der Waals surface area (Å²) in [4.78, 5) is 128. The van der Waals surface area contributed by atoms with Crippen LogP contribution in [0.5, 0.6) is 0 Å². The number of Topliss-reactive ketones (excluding diaryl/α,β-unsaturated/α-hetero) is 1. The number of carbonyl (C=O) groups excluding carboxylic acids is 7. The van der Waals surface area contributed by atoms with Gasteiger partial charge in [-0.1, -0.05) is 80.6 Å². The lowest BCUT2D eigenvalue weighted by Gasteiger charge is -2.67. The molecule has 3 heterocycles. The third kappa shape index (κ3) is 11.5. The number of nitrogens with one attached hydrogen (secondary N) is 2. The van der Waals surface area contributed by atoms with Crippen LogP contribution in [-0.2, 0) is 58.9 Å². The van der Waals surface area contributed by atoms with Crippen LogP contribution in [0.25, 0.3) is 0 Å². The number of aromatic nitrogens is 2. The minimum absolute atomic E-state index is 0.00107. The minimum Gasteiger partial charge on any atom is -0.456 e. The van der Waals surface area contributed by atoms with E-state index in [9.17, 15) is 58.8 Å². The van der Waals surface area contributed by atoms with Crippen molar-refractivity contribution in [1.82, 2.24) is 19.8 Å². The molecular formula is C62H72N4O20. The average Bonchev–Trinajstić information content (AvgIpc) is 0.696. The monoisotopic (exact) mass is 1190 g/mol. The molecule has 1 aromatic heterocycles. The molecule has 5 aliphatic rings. The van der Waals surface area contributed by atoms with Gasteiger partial charge >= 0.3 is 35.7 Å². The number of unbranched alkanes of at least 4 members (excludes halogenated alkanes) is 1. The van der Waals surface area contributed by atoms with Gasteiger partial charge in [0.1, 0.15) is 42.3 Å². The molecule has 3 aliphatic carbocycles. The standard InChI is InChI=1S/C62H72N4O20/c1-33-30-66(45-27-40(70)42(31-67)82-45)58(78)65(54(33)74)26-18-17-25-63-57(77)84-43-28-44-61(32-80-44,86-36(4)69)50-52(85-55(75)39-23-15-10-16-24-39)62(79)29-41(34(2)46(59(62,5)6)49(81-35(3)68)51(72)60(43,50)7)83-56(76)48(71)47(37-19-11-8-12-20-37)64-53(73)38-21-13-9-14-22-38/h8-16,19-24,30,40-45,47-50,52,67,70-71,79H,17-18,25-29,31-32H2,1-7H3,(H,63,77)(H,64,73)/t40?,41-,42-,43-,44+,45-,47-,48+,49+,50-,52-,60?,61-,62+/m0/s1. The number of esters is 4. The van der Waals surface area contributed by atoms with Crippen molar-refractivity contribution in [3.63, 3.8) is 0 Å². The maximum absolute atomic E-state index is 16.4. The van der Waals surface area contributed by atoms with Crippen molar-refractivity contribution < 1.29 is 87.1 Å². The Morgan fingerprint density at radius 1 is 0.814 bits per heavy atom. The Bertz CT molecular complexity index is 3410. The first kappa shape index (κ1) is 62.7. The Kier molecular flexibility index (Phi) is 18.1. The van der Waals surface area contributed by atoms with Gasteiger partial charge in [-0.15, -0.1) is 0 Å². The fraction of sp³-hybridized carbons (Fsp3) is 0.500. The van der Waals surface area contributed by atoms with Crippen LogP contribution in [0.15, 0.2) is 118 Å². The van der Waals surface area contributed by atoms with Gasteiger partial charge in [-0.05, 0) is 74.6 Å². The molecule has 24 nitrogen and oxygen atoms in total. The summed E-state index contributed by atoms with van der Waals surface area (Å²) in [7, 11) is 0. The van der Waals surface area contributed by atoms with Gasteiger partial charge in [-0.3, -0.25) is 33.1 Å². The molecular weight excluding hydrogens is 1120 g/mol. The van der Waals surface area contributed by atoms with Crippen LogP contribution in [0.3, 0.4) is 0 Å². The second-order valence-corrected chi connectivity index (χ2v) is 23.4. The first-order valence-electron chi connectivity index (χ1n) is 28.5. The molecule has 2 aliphatic heterocycles. The Balaban J connectivity index is 1.08. The predicted octanol–water partition coefficient (Wildman–Crippen LogP) is 3.22. The molecule has 0 spiro atoms. The number of fused-ring (bicyclic) bond motifs is 5.